The second-order valence-corrected chi connectivity index (χ2v) is 14.4. The predicted octanol–water partition coefficient (Wildman–Crippen LogP) is 8.34. The summed E-state index contributed by atoms with van der Waals surface area (Å²) in [6.45, 7) is 7.08. The zero-order valence-corrected chi connectivity index (χ0v) is 27.8. The number of pyridine rings is 1. The van der Waals surface area contributed by atoms with Crippen molar-refractivity contribution in [3.63, 3.8) is 0 Å². The molecule has 2 N–H and O–H groups in total. The number of aryl methyl sites for hydroxylation is 1. The molecule has 7 heteroatoms. The highest BCUT2D eigenvalue weighted by Gasteiger charge is 2.54. The van der Waals surface area contributed by atoms with Crippen LogP contribution < -0.4 is 10.1 Å². The van der Waals surface area contributed by atoms with Crippen LogP contribution in [0.5, 0.6) is 5.75 Å². The number of ether oxygens (including phenoxy) is 2. The lowest BCUT2D eigenvalue weighted by atomic mass is 9.59. The molecule has 0 amide bonds. The predicted molar refractivity (Wildman–Crippen MR) is 179 cm³/mol. The first-order valence-electron chi connectivity index (χ1n) is 16.7. The summed E-state index contributed by atoms with van der Waals surface area (Å²) in [6.07, 6.45) is 9.77. The van der Waals surface area contributed by atoms with Crippen molar-refractivity contribution in [1.29, 1.82) is 0 Å². The number of nitrogens with one attached hydrogen (secondary N) is 1. The summed E-state index contributed by atoms with van der Waals surface area (Å²) in [5.41, 5.74) is 6.05. The van der Waals surface area contributed by atoms with Gasteiger partial charge in [0, 0.05) is 28.2 Å². The number of benzene rings is 2. The fraction of sp³-hybridized carbons (Fsp3) is 0.526. The third-order valence-corrected chi connectivity index (χ3v) is 11.2. The first-order chi connectivity index (χ1) is 21.6. The van der Waals surface area contributed by atoms with E-state index in [0.29, 0.717) is 42.2 Å². The van der Waals surface area contributed by atoms with Gasteiger partial charge >= 0.3 is 5.97 Å². The number of aliphatic hydroxyl groups is 1. The van der Waals surface area contributed by atoms with E-state index in [2.05, 4.69) is 42.3 Å². The second-order valence-electron chi connectivity index (χ2n) is 14.0. The molecule has 3 aliphatic carbocycles. The minimum atomic E-state index is -0.828. The molecule has 6 rings (SSSR count). The van der Waals surface area contributed by atoms with Crippen molar-refractivity contribution >= 4 is 23.3 Å². The minimum Gasteiger partial charge on any atom is -0.493 e. The van der Waals surface area contributed by atoms with Gasteiger partial charge in [0.05, 0.1) is 19.8 Å². The Morgan fingerprint density at radius 1 is 1.13 bits per heavy atom. The molecule has 2 unspecified atom stereocenters. The molecule has 0 aliphatic heterocycles. The van der Waals surface area contributed by atoms with Crippen LogP contribution in [0.4, 0.5) is 5.69 Å². The number of hydrogen-bond acceptors (Lipinski definition) is 6. The van der Waals surface area contributed by atoms with Gasteiger partial charge in [-0.3, -0.25) is 4.98 Å². The van der Waals surface area contributed by atoms with Gasteiger partial charge in [-0.15, -0.1) is 0 Å². The number of carbonyl (C=O) groups is 1. The van der Waals surface area contributed by atoms with Crippen LogP contribution in [0.1, 0.15) is 106 Å². The number of rotatable bonds is 9. The number of hydrogen-bond donors (Lipinski definition) is 2. The third kappa shape index (κ3) is 6.20. The van der Waals surface area contributed by atoms with Crippen molar-refractivity contribution in [3.05, 3.63) is 87.7 Å². The molecule has 3 aromatic rings. The van der Waals surface area contributed by atoms with E-state index in [4.69, 9.17) is 21.1 Å². The Morgan fingerprint density at radius 3 is 2.67 bits per heavy atom. The number of carbonyl (C=O) groups excluding carboxylic acids is 1. The maximum absolute atomic E-state index is 13.4. The molecule has 6 nitrogen and oxygen atoms in total. The summed E-state index contributed by atoms with van der Waals surface area (Å²) >= 11 is 6.30. The van der Waals surface area contributed by atoms with E-state index in [1.165, 1.54) is 42.3 Å². The molecule has 1 saturated carbocycles. The van der Waals surface area contributed by atoms with Crippen LogP contribution in [0.25, 0.3) is 0 Å². The lowest BCUT2D eigenvalue weighted by molar-refractivity contribution is -0.148. The second kappa shape index (κ2) is 13.0. The quantitative estimate of drug-likeness (QED) is 0.231. The van der Waals surface area contributed by atoms with Gasteiger partial charge in [0.15, 0.2) is 0 Å². The Kier molecular flexibility index (Phi) is 9.18. The first kappa shape index (κ1) is 31.9. The largest absolute Gasteiger partial charge is 0.493 e. The standard InChI is InChI=1S/C38H47ClN2O4/c1-24(23-45-34-13-18-40-33-10-5-7-25(2)35(33)34)19-29-20-28-12-11-27(26(3)42)21-32(28)37(29)14-16-38(17-15-37,36(43)44-4)41-31-9-6-8-30(39)22-31/h6,8-9,11-13,18,21-22,24-26,29,41-42H,5,7,10,14-17,19-20,23H2,1-4H3/t24-,25-,26?,29?,37?,38?/m1/s1. The zero-order valence-electron chi connectivity index (χ0n) is 27.1. The number of halogens is 1. The monoisotopic (exact) mass is 630 g/mol. The molecule has 1 spiro atoms. The van der Waals surface area contributed by atoms with Crippen LogP contribution in [0, 0.1) is 11.8 Å². The van der Waals surface area contributed by atoms with Gasteiger partial charge < -0.3 is 19.9 Å². The fourth-order valence-corrected chi connectivity index (χ4v) is 8.75. The topological polar surface area (TPSA) is 80.7 Å². The average Bonchev–Trinajstić information content (AvgIpc) is 3.32. The van der Waals surface area contributed by atoms with Gasteiger partial charge in [-0.1, -0.05) is 49.7 Å². The highest BCUT2D eigenvalue weighted by Crippen LogP contribution is 2.56. The maximum atomic E-state index is 13.4. The Labute approximate surface area is 272 Å². The molecule has 45 heavy (non-hydrogen) atoms. The molecule has 3 aliphatic rings. The SMILES string of the molecule is COC(=O)C1(Nc2cccc(Cl)c2)CCC2(CC1)c1cc(C(C)O)ccc1CC2C[C@@H](C)COc1ccnc2c1[C@H](C)CCC2. The summed E-state index contributed by atoms with van der Waals surface area (Å²) in [7, 11) is 1.47. The normalized spacial score (nSPS) is 26.9. The molecule has 1 fully saturated rings. The molecular formula is C38H47ClN2O4. The van der Waals surface area contributed by atoms with Gasteiger partial charge in [-0.25, -0.2) is 4.79 Å². The van der Waals surface area contributed by atoms with Gasteiger partial charge in [-0.2, -0.15) is 0 Å². The minimum absolute atomic E-state index is 0.0909. The zero-order chi connectivity index (χ0) is 31.8. The van der Waals surface area contributed by atoms with Crippen molar-refractivity contribution < 1.29 is 19.4 Å². The smallest absolute Gasteiger partial charge is 0.331 e. The molecule has 240 valence electrons. The maximum Gasteiger partial charge on any atom is 0.331 e. The number of anilines is 1. The fourth-order valence-electron chi connectivity index (χ4n) is 8.56. The van der Waals surface area contributed by atoms with Crippen molar-refractivity contribution in [3.8, 4) is 5.75 Å². The molecular weight excluding hydrogens is 584 g/mol. The van der Waals surface area contributed by atoms with Crippen molar-refractivity contribution in [1.82, 2.24) is 4.98 Å². The Morgan fingerprint density at radius 2 is 1.93 bits per heavy atom. The molecule has 0 bridgehead atoms. The van der Waals surface area contributed by atoms with Gasteiger partial charge in [0.25, 0.3) is 0 Å². The lowest BCUT2D eigenvalue weighted by Crippen LogP contribution is -2.53. The Hall–Kier alpha value is -3.09. The molecule has 0 saturated heterocycles. The van der Waals surface area contributed by atoms with Crippen molar-refractivity contribution in [2.45, 2.75) is 102 Å². The number of esters is 1. The summed E-state index contributed by atoms with van der Waals surface area (Å²) in [4.78, 5) is 18.1. The molecule has 2 aromatic carbocycles. The van der Waals surface area contributed by atoms with E-state index in [0.717, 1.165) is 49.1 Å². The van der Waals surface area contributed by atoms with E-state index < -0.39 is 11.6 Å². The number of nitrogens with zero attached hydrogens (tertiary/aromatic N) is 1. The number of aromatic nitrogens is 1. The van der Waals surface area contributed by atoms with Crippen molar-refractivity contribution in [2.24, 2.45) is 11.8 Å². The van der Waals surface area contributed by atoms with E-state index in [-0.39, 0.29) is 11.4 Å². The van der Waals surface area contributed by atoms with Crippen LogP contribution in [0.15, 0.2) is 54.7 Å². The highest BCUT2D eigenvalue weighted by molar-refractivity contribution is 6.30. The number of aliphatic hydroxyl groups excluding tert-OH is 1. The summed E-state index contributed by atoms with van der Waals surface area (Å²) in [5.74, 6) is 1.99. The van der Waals surface area contributed by atoms with Crippen LogP contribution in [-0.4, -0.2) is 35.3 Å². The first-order valence-corrected chi connectivity index (χ1v) is 17.1. The molecule has 0 radical (unpaired) electrons. The molecule has 1 aromatic heterocycles. The number of methoxy groups -OCH3 is 1. The highest BCUT2D eigenvalue weighted by atomic mass is 35.5. The van der Waals surface area contributed by atoms with Gasteiger partial charge in [0.1, 0.15) is 11.3 Å². The summed E-state index contributed by atoms with van der Waals surface area (Å²) < 4.78 is 11.9. The van der Waals surface area contributed by atoms with Crippen LogP contribution in [0.2, 0.25) is 5.02 Å². The van der Waals surface area contributed by atoms with E-state index in [1.807, 2.05) is 43.5 Å². The van der Waals surface area contributed by atoms with Crippen LogP contribution in [-0.2, 0) is 27.8 Å². The van der Waals surface area contributed by atoms with E-state index >= 15 is 0 Å². The van der Waals surface area contributed by atoms with Crippen LogP contribution in [0.3, 0.4) is 0 Å². The Bertz CT molecular complexity index is 1530. The summed E-state index contributed by atoms with van der Waals surface area (Å²) in [6, 6.07) is 16.1. The molecule has 4 atom stereocenters. The van der Waals surface area contributed by atoms with Crippen LogP contribution >= 0.6 is 11.6 Å². The third-order valence-electron chi connectivity index (χ3n) is 11.0. The summed E-state index contributed by atoms with van der Waals surface area (Å²) in [5, 5.41) is 14.7. The van der Waals surface area contributed by atoms with Gasteiger partial charge in [0.2, 0.25) is 0 Å². The Balaban J connectivity index is 1.25. The molecule has 1 heterocycles. The van der Waals surface area contributed by atoms with Crippen molar-refractivity contribution in [2.75, 3.05) is 19.0 Å². The van der Waals surface area contributed by atoms with Gasteiger partial charge in [-0.05, 0) is 129 Å². The lowest BCUT2D eigenvalue weighted by Gasteiger charge is -2.48. The van der Waals surface area contributed by atoms with E-state index in [1.54, 1.807) is 0 Å². The average molecular weight is 631 g/mol. The number of fused-ring (bicyclic) bond motifs is 3. The van der Waals surface area contributed by atoms with E-state index in [9.17, 15) is 9.90 Å².